The number of benzene rings is 2. The van der Waals surface area contributed by atoms with Gasteiger partial charge in [-0.3, -0.25) is 4.68 Å². The number of hydrogen-bond acceptors (Lipinski definition) is 4. The molecule has 0 spiro atoms. The molecule has 0 saturated carbocycles. The van der Waals surface area contributed by atoms with Crippen LogP contribution < -0.4 is 15.4 Å². The van der Waals surface area contributed by atoms with Crippen LogP contribution in [0.2, 0.25) is 0 Å². The molecular formula is C22H21FN6O2. The number of anilines is 2. The van der Waals surface area contributed by atoms with Crippen molar-refractivity contribution in [2.24, 2.45) is 7.05 Å². The second-order valence-corrected chi connectivity index (χ2v) is 6.79. The third-order valence-electron chi connectivity index (χ3n) is 4.60. The molecule has 9 heteroatoms. The maximum Gasteiger partial charge on any atom is 0.323 e. The van der Waals surface area contributed by atoms with E-state index in [-0.39, 0.29) is 5.82 Å². The number of carbonyl (C=O) groups excluding carboxylic acids is 1. The number of rotatable bonds is 7. The zero-order valence-corrected chi connectivity index (χ0v) is 16.8. The number of halogens is 1. The summed E-state index contributed by atoms with van der Waals surface area (Å²) in [6.07, 6.45) is 7.03. The van der Waals surface area contributed by atoms with Crippen molar-refractivity contribution in [2.45, 2.75) is 6.54 Å². The van der Waals surface area contributed by atoms with Crippen LogP contribution in [0, 0.1) is 5.82 Å². The van der Waals surface area contributed by atoms with Gasteiger partial charge in [-0.1, -0.05) is 0 Å². The number of nitrogens with one attached hydrogen (secondary N) is 2. The number of aromatic nitrogens is 4. The van der Waals surface area contributed by atoms with Crippen molar-refractivity contribution < 1.29 is 13.9 Å². The fraction of sp³-hybridized carbons (Fsp3) is 0.136. The lowest BCUT2D eigenvalue weighted by atomic mass is 10.1. The van der Waals surface area contributed by atoms with E-state index in [1.807, 2.05) is 36.0 Å². The van der Waals surface area contributed by atoms with Gasteiger partial charge in [0.2, 0.25) is 0 Å². The Kier molecular flexibility index (Phi) is 5.93. The number of imidazole rings is 1. The number of amides is 2. The predicted molar refractivity (Wildman–Crippen MR) is 115 cm³/mol. The van der Waals surface area contributed by atoms with Gasteiger partial charge in [-0.2, -0.15) is 5.10 Å². The zero-order valence-electron chi connectivity index (χ0n) is 16.8. The Labute approximate surface area is 178 Å². The summed E-state index contributed by atoms with van der Waals surface area (Å²) in [5.74, 6) is 0.309. The highest BCUT2D eigenvalue weighted by Crippen LogP contribution is 2.32. The van der Waals surface area contributed by atoms with Crippen LogP contribution in [0.3, 0.4) is 0 Å². The number of urea groups is 1. The van der Waals surface area contributed by atoms with Crippen molar-refractivity contribution in [1.29, 1.82) is 0 Å². The minimum Gasteiger partial charge on any atom is -0.491 e. The lowest BCUT2D eigenvalue weighted by Crippen LogP contribution is -2.19. The average Bonchev–Trinajstić information content (AvgIpc) is 3.42. The van der Waals surface area contributed by atoms with Crippen LogP contribution in [0.5, 0.6) is 5.75 Å². The SMILES string of the molecule is Cn1nccc1-c1cc(NC(=O)Nc2ccc(F)cc2)ccc1OCCn1ccnc1. The minimum absolute atomic E-state index is 0.365. The molecule has 0 radical (unpaired) electrons. The summed E-state index contributed by atoms with van der Waals surface area (Å²) in [5, 5.41) is 9.69. The highest BCUT2D eigenvalue weighted by molar-refractivity contribution is 6.00. The molecule has 4 rings (SSSR count). The van der Waals surface area contributed by atoms with E-state index in [1.54, 1.807) is 29.5 Å². The lowest BCUT2D eigenvalue weighted by molar-refractivity contribution is 0.262. The Morgan fingerprint density at radius 2 is 1.84 bits per heavy atom. The third-order valence-corrected chi connectivity index (χ3v) is 4.60. The standard InChI is InChI=1S/C22H21FN6O2/c1-28-20(8-9-25-28)19-14-18(27-22(30)26-17-4-2-16(23)3-5-17)6-7-21(19)31-13-12-29-11-10-24-15-29/h2-11,14-15H,12-13H2,1H3,(H2,26,27,30). The van der Waals surface area contributed by atoms with Crippen LogP contribution in [-0.2, 0) is 13.6 Å². The number of hydrogen-bond donors (Lipinski definition) is 2. The largest absolute Gasteiger partial charge is 0.491 e. The zero-order chi connectivity index (χ0) is 21.6. The minimum atomic E-state index is -0.434. The maximum absolute atomic E-state index is 13.0. The van der Waals surface area contributed by atoms with Crippen molar-refractivity contribution in [1.82, 2.24) is 19.3 Å². The number of aryl methyl sites for hydroxylation is 1. The van der Waals surface area contributed by atoms with E-state index in [0.717, 1.165) is 11.3 Å². The van der Waals surface area contributed by atoms with Crippen LogP contribution in [0.25, 0.3) is 11.3 Å². The molecular weight excluding hydrogens is 399 g/mol. The monoisotopic (exact) mass is 420 g/mol. The summed E-state index contributed by atoms with van der Waals surface area (Å²) in [5.41, 5.74) is 2.72. The molecule has 4 aromatic rings. The molecule has 2 aromatic carbocycles. The molecule has 2 heterocycles. The van der Waals surface area contributed by atoms with Gasteiger partial charge in [0.1, 0.15) is 18.2 Å². The second-order valence-electron chi connectivity index (χ2n) is 6.79. The third kappa shape index (κ3) is 5.08. The Bertz CT molecular complexity index is 1160. The van der Waals surface area contributed by atoms with Crippen LogP contribution in [0.4, 0.5) is 20.6 Å². The Morgan fingerprint density at radius 1 is 1.06 bits per heavy atom. The summed E-state index contributed by atoms with van der Waals surface area (Å²) in [7, 11) is 1.84. The van der Waals surface area contributed by atoms with Crippen molar-refractivity contribution in [3.63, 3.8) is 0 Å². The van der Waals surface area contributed by atoms with Gasteiger partial charge >= 0.3 is 6.03 Å². The van der Waals surface area contributed by atoms with E-state index >= 15 is 0 Å². The van der Waals surface area contributed by atoms with Gasteiger partial charge in [-0.25, -0.2) is 14.2 Å². The fourth-order valence-corrected chi connectivity index (χ4v) is 3.08. The van der Waals surface area contributed by atoms with Gasteiger partial charge < -0.3 is 19.9 Å². The van der Waals surface area contributed by atoms with Crippen LogP contribution in [0.1, 0.15) is 0 Å². The van der Waals surface area contributed by atoms with Gasteiger partial charge in [-0.15, -0.1) is 0 Å². The molecule has 0 bridgehead atoms. The molecule has 8 nitrogen and oxygen atoms in total. The number of nitrogens with zero attached hydrogens (tertiary/aromatic N) is 4. The second kappa shape index (κ2) is 9.12. The van der Waals surface area contributed by atoms with E-state index in [4.69, 9.17) is 4.74 Å². The number of ether oxygens (including phenoxy) is 1. The fourth-order valence-electron chi connectivity index (χ4n) is 3.08. The first-order valence-electron chi connectivity index (χ1n) is 9.63. The highest BCUT2D eigenvalue weighted by Gasteiger charge is 2.13. The first kappa shape index (κ1) is 20.1. The van der Waals surface area contributed by atoms with E-state index in [9.17, 15) is 9.18 Å². The smallest absolute Gasteiger partial charge is 0.323 e. The quantitative estimate of drug-likeness (QED) is 0.470. The van der Waals surface area contributed by atoms with Crippen molar-refractivity contribution in [3.8, 4) is 17.0 Å². The molecule has 2 amide bonds. The van der Waals surface area contributed by atoms with E-state index in [1.165, 1.54) is 24.3 Å². The summed E-state index contributed by atoms with van der Waals surface area (Å²) in [4.78, 5) is 16.4. The molecule has 0 aliphatic rings. The van der Waals surface area contributed by atoms with Gasteiger partial charge in [-0.05, 0) is 48.5 Å². The van der Waals surface area contributed by atoms with Gasteiger partial charge in [0, 0.05) is 42.6 Å². The molecule has 0 aliphatic heterocycles. The maximum atomic E-state index is 13.0. The molecule has 158 valence electrons. The van der Waals surface area contributed by atoms with E-state index in [2.05, 4.69) is 20.7 Å². The topological polar surface area (TPSA) is 86.0 Å². The highest BCUT2D eigenvalue weighted by atomic mass is 19.1. The predicted octanol–water partition coefficient (Wildman–Crippen LogP) is 4.15. The van der Waals surface area contributed by atoms with Gasteiger partial charge in [0.05, 0.1) is 18.6 Å². The molecule has 0 saturated heterocycles. The molecule has 0 aliphatic carbocycles. The average molecular weight is 420 g/mol. The number of carbonyl (C=O) groups is 1. The molecule has 2 aromatic heterocycles. The Morgan fingerprint density at radius 3 is 2.55 bits per heavy atom. The molecule has 0 atom stereocenters. The van der Waals surface area contributed by atoms with Crippen LogP contribution >= 0.6 is 0 Å². The Hall–Kier alpha value is -4.14. The Balaban J connectivity index is 1.50. The van der Waals surface area contributed by atoms with Gasteiger partial charge in [0.25, 0.3) is 0 Å². The first-order chi connectivity index (χ1) is 15.1. The summed E-state index contributed by atoms with van der Waals surface area (Å²) >= 11 is 0. The van der Waals surface area contributed by atoms with Gasteiger partial charge in [0.15, 0.2) is 0 Å². The lowest BCUT2D eigenvalue weighted by Gasteiger charge is -2.15. The molecule has 0 unspecified atom stereocenters. The first-order valence-corrected chi connectivity index (χ1v) is 9.63. The van der Waals surface area contributed by atoms with Crippen molar-refractivity contribution in [3.05, 3.63) is 79.3 Å². The van der Waals surface area contributed by atoms with Crippen molar-refractivity contribution in [2.75, 3.05) is 17.2 Å². The summed E-state index contributed by atoms with van der Waals surface area (Å²) in [6.45, 7) is 1.12. The molecule has 31 heavy (non-hydrogen) atoms. The van der Waals surface area contributed by atoms with Crippen LogP contribution in [-0.4, -0.2) is 32.0 Å². The normalized spacial score (nSPS) is 10.6. The summed E-state index contributed by atoms with van der Waals surface area (Å²) < 4.78 is 22.7. The molecule has 2 N–H and O–H groups in total. The van der Waals surface area contributed by atoms with Crippen LogP contribution in [0.15, 0.2) is 73.4 Å². The van der Waals surface area contributed by atoms with Crippen molar-refractivity contribution >= 4 is 17.4 Å². The van der Waals surface area contributed by atoms with E-state index in [0.29, 0.717) is 30.3 Å². The summed E-state index contributed by atoms with van der Waals surface area (Å²) in [6, 6.07) is 12.4. The molecule has 0 fully saturated rings. The van der Waals surface area contributed by atoms with E-state index < -0.39 is 6.03 Å².